The van der Waals surface area contributed by atoms with Crippen molar-refractivity contribution in [3.8, 4) is 0 Å². The molecule has 0 aromatic heterocycles. The van der Waals surface area contributed by atoms with E-state index < -0.39 is 0 Å². The monoisotopic (exact) mass is 343 g/mol. The molecule has 4 heteroatoms. The second kappa shape index (κ2) is 7.71. The van der Waals surface area contributed by atoms with Gasteiger partial charge in [0.15, 0.2) is 0 Å². The van der Waals surface area contributed by atoms with Crippen LogP contribution >= 0.6 is 0 Å². The van der Waals surface area contributed by atoms with Crippen LogP contribution < -0.4 is 0 Å². The summed E-state index contributed by atoms with van der Waals surface area (Å²) in [4.78, 5) is 14.7. The smallest absolute Gasteiger partial charge is 0.223 e. The minimum absolute atomic E-state index is 0.0510. The second-order valence-electron chi connectivity index (χ2n) is 7.27. The van der Waals surface area contributed by atoms with Crippen molar-refractivity contribution in [2.75, 3.05) is 19.7 Å². The molecule has 0 bridgehead atoms. The third-order valence-electron chi connectivity index (χ3n) is 6.06. The minimum atomic E-state index is -0.286. The summed E-state index contributed by atoms with van der Waals surface area (Å²) < 4.78 is 5.80. The number of nitrogens with zero attached hydrogens (tertiary/aromatic N) is 1. The fourth-order valence-electron chi connectivity index (χ4n) is 4.34. The van der Waals surface area contributed by atoms with Crippen LogP contribution in [0, 0.1) is 5.41 Å². The van der Waals surface area contributed by atoms with Gasteiger partial charge in [-0.05, 0) is 25.3 Å². The van der Waals surface area contributed by atoms with Gasteiger partial charge >= 0.3 is 0 Å². The van der Waals surface area contributed by atoms with Crippen LogP contribution in [-0.2, 0) is 9.53 Å². The highest BCUT2D eigenvalue weighted by Gasteiger charge is 2.56. The average molecular weight is 343 g/mol. The molecule has 1 spiro atoms. The second-order valence-corrected chi connectivity index (χ2v) is 7.27. The Morgan fingerprint density at radius 3 is 2.64 bits per heavy atom. The number of amides is 1. The first-order valence-corrected chi connectivity index (χ1v) is 9.35. The number of carbonyl (C=O) groups excluding carboxylic acids is 1. The maximum absolute atomic E-state index is 12.7. The summed E-state index contributed by atoms with van der Waals surface area (Å²) in [6, 6.07) is 10.1. The van der Waals surface area contributed by atoms with Crippen molar-refractivity contribution < 1.29 is 14.6 Å². The third kappa shape index (κ3) is 3.51. The van der Waals surface area contributed by atoms with Crippen LogP contribution in [0.4, 0.5) is 0 Å². The van der Waals surface area contributed by atoms with Crippen molar-refractivity contribution >= 4 is 5.91 Å². The first kappa shape index (κ1) is 18.2. The molecule has 1 saturated heterocycles. The van der Waals surface area contributed by atoms with Crippen molar-refractivity contribution in [1.29, 1.82) is 0 Å². The van der Waals surface area contributed by atoms with Gasteiger partial charge in [-0.2, -0.15) is 0 Å². The highest BCUT2D eigenvalue weighted by atomic mass is 16.5. The number of carbonyl (C=O) groups is 1. The number of benzene rings is 1. The standard InChI is InChI=1S/C21H29NO3/c1-3-16(17-8-6-5-7-9-17)14-20(24)22-12-10-21(11-13-22)18(23)15-19(21)25-4-2/h3,5-9,16,18-19,23H,1,4,10-15H2,2H3. The first-order valence-electron chi connectivity index (χ1n) is 9.35. The van der Waals surface area contributed by atoms with E-state index in [-0.39, 0.29) is 29.4 Å². The molecule has 1 saturated carbocycles. The zero-order chi connectivity index (χ0) is 17.9. The summed E-state index contributed by atoms with van der Waals surface area (Å²) in [7, 11) is 0. The molecule has 1 aromatic rings. The minimum Gasteiger partial charge on any atom is -0.392 e. The Hall–Kier alpha value is -1.65. The molecule has 1 N–H and O–H groups in total. The van der Waals surface area contributed by atoms with Crippen molar-refractivity contribution in [2.24, 2.45) is 5.41 Å². The fraction of sp³-hybridized carbons (Fsp3) is 0.571. The van der Waals surface area contributed by atoms with Crippen LogP contribution in [0.3, 0.4) is 0 Å². The van der Waals surface area contributed by atoms with E-state index in [1.54, 1.807) is 0 Å². The molecule has 2 aliphatic rings. The Balaban J connectivity index is 1.57. The maximum Gasteiger partial charge on any atom is 0.223 e. The molecular formula is C21H29NO3. The average Bonchev–Trinajstić information content (AvgIpc) is 2.66. The predicted molar refractivity (Wildman–Crippen MR) is 98.3 cm³/mol. The fourth-order valence-corrected chi connectivity index (χ4v) is 4.34. The molecule has 1 heterocycles. The number of aliphatic hydroxyl groups excluding tert-OH is 1. The van der Waals surface area contributed by atoms with Gasteiger partial charge in [-0.1, -0.05) is 36.4 Å². The molecule has 3 rings (SSSR count). The van der Waals surface area contributed by atoms with Gasteiger partial charge in [0.2, 0.25) is 5.91 Å². The lowest BCUT2D eigenvalue weighted by Gasteiger charge is -2.56. The number of ether oxygens (including phenoxy) is 1. The van der Waals surface area contributed by atoms with Gasteiger partial charge < -0.3 is 14.7 Å². The van der Waals surface area contributed by atoms with E-state index in [1.165, 1.54) is 0 Å². The van der Waals surface area contributed by atoms with Crippen LogP contribution in [0.25, 0.3) is 0 Å². The van der Waals surface area contributed by atoms with E-state index in [9.17, 15) is 9.90 Å². The van der Waals surface area contributed by atoms with E-state index in [0.29, 0.717) is 26.1 Å². The number of likely N-dealkylation sites (tertiary alicyclic amines) is 1. The number of piperidine rings is 1. The molecule has 136 valence electrons. The Kier molecular flexibility index (Phi) is 5.60. The molecular weight excluding hydrogens is 314 g/mol. The highest BCUT2D eigenvalue weighted by molar-refractivity contribution is 5.77. The lowest BCUT2D eigenvalue weighted by Crippen LogP contribution is -2.62. The summed E-state index contributed by atoms with van der Waals surface area (Å²) >= 11 is 0. The predicted octanol–water partition coefficient (Wildman–Crippen LogP) is 3.12. The van der Waals surface area contributed by atoms with Crippen LogP contribution in [0.1, 0.15) is 44.1 Å². The van der Waals surface area contributed by atoms with Gasteiger partial charge in [0.25, 0.3) is 0 Å². The van der Waals surface area contributed by atoms with E-state index >= 15 is 0 Å². The summed E-state index contributed by atoms with van der Waals surface area (Å²) in [5, 5.41) is 10.3. The summed E-state index contributed by atoms with van der Waals surface area (Å²) in [5.41, 5.74) is 0.995. The molecule has 1 amide bonds. The topological polar surface area (TPSA) is 49.8 Å². The molecule has 2 fully saturated rings. The van der Waals surface area contributed by atoms with Crippen molar-refractivity contribution in [1.82, 2.24) is 4.90 Å². The molecule has 1 aliphatic heterocycles. The van der Waals surface area contributed by atoms with E-state index in [4.69, 9.17) is 4.74 Å². The van der Waals surface area contributed by atoms with Crippen molar-refractivity contribution in [3.63, 3.8) is 0 Å². The number of hydrogen-bond donors (Lipinski definition) is 1. The summed E-state index contributed by atoms with van der Waals surface area (Å²) in [6.45, 7) is 7.99. The zero-order valence-electron chi connectivity index (χ0n) is 15.1. The molecule has 3 unspecified atom stereocenters. The highest BCUT2D eigenvalue weighted by Crippen LogP contribution is 2.51. The van der Waals surface area contributed by atoms with Gasteiger partial charge in [-0.25, -0.2) is 0 Å². The van der Waals surface area contributed by atoms with Gasteiger partial charge in [0.05, 0.1) is 12.2 Å². The lowest BCUT2D eigenvalue weighted by atomic mass is 9.58. The number of aliphatic hydroxyl groups is 1. The quantitative estimate of drug-likeness (QED) is 0.808. The SMILES string of the molecule is C=CC(CC(=O)N1CCC2(CC1)C(O)CC2OCC)c1ccccc1. The Bertz CT molecular complexity index is 590. The Labute approximate surface area is 150 Å². The van der Waals surface area contributed by atoms with Crippen molar-refractivity contribution in [3.05, 3.63) is 48.6 Å². The molecule has 4 nitrogen and oxygen atoms in total. The normalized spacial score (nSPS) is 26.1. The lowest BCUT2D eigenvalue weighted by molar-refractivity contribution is -0.210. The summed E-state index contributed by atoms with van der Waals surface area (Å²) in [5.74, 6) is 0.223. The maximum atomic E-state index is 12.7. The van der Waals surface area contributed by atoms with E-state index in [1.807, 2.05) is 48.2 Å². The van der Waals surface area contributed by atoms with Gasteiger partial charge in [0.1, 0.15) is 0 Å². The van der Waals surface area contributed by atoms with Gasteiger partial charge in [-0.3, -0.25) is 4.79 Å². The van der Waals surface area contributed by atoms with Crippen molar-refractivity contribution in [2.45, 2.75) is 50.7 Å². The molecule has 1 aliphatic carbocycles. The van der Waals surface area contributed by atoms with E-state index in [0.717, 1.165) is 24.8 Å². The van der Waals surface area contributed by atoms with Gasteiger partial charge in [0, 0.05) is 43.9 Å². The molecule has 1 aromatic carbocycles. The number of hydrogen-bond acceptors (Lipinski definition) is 3. The number of rotatable bonds is 6. The Morgan fingerprint density at radius 1 is 1.40 bits per heavy atom. The van der Waals surface area contributed by atoms with Crippen LogP contribution in [0.15, 0.2) is 43.0 Å². The van der Waals surface area contributed by atoms with Crippen LogP contribution in [0.5, 0.6) is 0 Å². The number of allylic oxidation sites excluding steroid dienone is 1. The first-order chi connectivity index (χ1) is 12.1. The summed E-state index contributed by atoms with van der Waals surface area (Å²) in [6.07, 6.45) is 4.57. The van der Waals surface area contributed by atoms with Gasteiger partial charge in [-0.15, -0.1) is 6.58 Å². The third-order valence-corrected chi connectivity index (χ3v) is 6.06. The van der Waals surface area contributed by atoms with E-state index in [2.05, 4.69) is 6.58 Å². The molecule has 0 radical (unpaired) electrons. The Morgan fingerprint density at radius 2 is 2.08 bits per heavy atom. The van der Waals surface area contributed by atoms with Crippen LogP contribution in [-0.4, -0.2) is 47.8 Å². The molecule has 25 heavy (non-hydrogen) atoms. The zero-order valence-corrected chi connectivity index (χ0v) is 15.1. The molecule has 3 atom stereocenters. The van der Waals surface area contributed by atoms with Crippen LogP contribution in [0.2, 0.25) is 0 Å². The largest absolute Gasteiger partial charge is 0.392 e.